The number of rotatable bonds is 2. The molecule has 0 amide bonds. The van der Waals surface area contributed by atoms with Gasteiger partial charge in [0.1, 0.15) is 0 Å². The highest BCUT2D eigenvalue weighted by molar-refractivity contribution is 8.01. The van der Waals surface area contributed by atoms with Crippen molar-refractivity contribution in [3.8, 4) is 6.07 Å². The molecule has 3 nitrogen and oxygen atoms in total. The number of carbonyl (C=O) groups is 1. The van der Waals surface area contributed by atoms with Gasteiger partial charge in [0, 0.05) is 14.4 Å². The first-order valence-corrected chi connectivity index (χ1v) is 6.75. The number of nitriles is 1. The number of carbonyl (C=O) groups excluding carboxylic acids is 1. The second-order valence-corrected chi connectivity index (χ2v) is 6.78. The molecular formula is C7H11NO2SSi. The maximum atomic E-state index is 11.1. The van der Waals surface area contributed by atoms with Crippen molar-refractivity contribution < 1.29 is 9.53 Å². The third kappa shape index (κ3) is 2.02. The van der Waals surface area contributed by atoms with Crippen LogP contribution in [0.3, 0.4) is 0 Å². The summed E-state index contributed by atoms with van der Waals surface area (Å²) in [6, 6.07) is 3.27. The van der Waals surface area contributed by atoms with Gasteiger partial charge in [-0.1, -0.05) is 6.04 Å². The molecule has 5 heteroatoms. The molecule has 1 heterocycles. The zero-order chi connectivity index (χ0) is 8.97. The highest BCUT2D eigenvalue weighted by Gasteiger charge is 2.32. The monoisotopic (exact) mass is 201 g/mol. The van der Waals surface area contributed by atoms with E-state index in [1.54, 1.807) is 11.8 Å². The summed E-state index contributed by atoms with van der Waals surface area (Å²) in [7, 11) is 1.13. The number of esters is 1. The first-order chi connectivity index (χ1) is 5.79. The van der Waals surface area contributed by atoms with E-state index in [-0.39, 0.29) is 15.5 Å². The van der Waals surface area contributed by atoms with Crippen molar-refractivity contribution in [3.63, 3.8) is 0 Å². The fourth-order valence-corrected chi connectivity index (χ4v) is 5.98. The van der Waals surface area contributed by atoms with Crippen molar-refractivity contribution >= 4 is 27.3 Å². The SMILES string of the molecule is COC(=O)C(C#N)C1[SiH2]CCS1. The molecule has 2 atom stereocenters. The van der Waals surface area contributed by atoms with Crippen LogP contribution in [0.15, 0.2) is 0 Å². The van der Waals surface area contributed by atoms with Crippen LogP contribution in [0.5, 0.6) is 0 Å². The average molecular weight is 201 g/mol. The second kappa shape index (κ2) is 4.53. The van der Waals surface area contributed by atoms with Gasteiger partial charge in [-0.15, -0.1) is 0 Å². The van der Waals surface area contributed by atoms with Crippen LogP contribution in [0.2, 0.25) is 6.04 Å². The van der Waals surface area contributed by atoms with Crippen LogP contribution in [0.4, 0.5) is 0 Å². The van der Waals surface area contributed by atoms with Gasteiger partial charge in [-0.3, -0.25) is 4.79 Å². The Bertz CT molecular complexity index is 210. The van der Waals surface area contributed by atoms with E-state index in [1.165, 1.54) is 13.2 Å². The van der Waals surface area contributed by atoms with Crippen LogP contribution in [0.1, 0.15) is 0 Å². The van der Waals surface area contributed by atoms with Gasteiger partial charge in [-0.05, 0) is 5.75 Å². The Hall–Kier alpha value is -0.473. The minimum Gasteiger partial charge on any atom is -0.468 e. The molecule has 0 aliphatic carbocycles. The summed E-state index contributed by atoms with van der Waals surface area (Å²) in [5, 5.41) is 8.75. The van der Waals surface area contributed by atoms with E-state index in [9.17, 15) is 4.79 Å². The van der Waals surface area contributed by atoms with Crippen molar-refractivity contribution in [2.24, 2.45) is 5.92 Å². The number of methoxy groups -OCH3 is 1. The normalized spacial score (nSPS) is 26.5. The molecule has 66 valence electrons. The Morgan fingerprint density at radius 1 is 1.92 bits per heavy atom. The summed E-state index contributed by atoms with van der Waals surface area (Å²) in [4.78, 5) is 11.4. The highest BCUT2D eigenvalue weighted by Crippen LogP contribution is 2.27. The molecule has 12 heavy (non-hydrogen) atoms. The maximum Gasteiger partial charge on any atom is 0.323 e. The van der Waals surface area contributed by atoms with Gasteiger partial charge in [0.2, 0.25) is 0 Å². The molecule has 1 aliphatic rings. The minimum atomic E-state index is -0.505. The predicted molar refractivity (Wildman–Crippen MR) is 50.7 cm³/mol. The number of hydrogen-bond acceptors (Lipinski definition) is 4. The molecule has 0 radical (unpaired) electrons. The quantitative estimate of drug-likeness (QED) is 0.464. The molecule has 0 aromatic heterocycles. The summed E-state index contributed by atoms with van der Waals surface area (Å²) >= 11 is 1.76. The first kappa shape index (κ1) is 9.61. The molecule has 0 spiro atoms. The molecule has 0 aromatic rings. The van der Waals surface area contributed by atoms with Crippen molar-refractivity contribution in [3.05, 3.63) is 0 Å². The Balaban J connectivity index is 2.56. The molecule has 1 fully saturated rings. The Morgan fingerprint density at radius 2 is 2.67 bits per heavy atom. The predicted octanol–water partition coefficient (Wildman–Crippen LogP) is -0.0408. The first-order valence-electron chi connectivity index (χ1n) is 3.88. The smallest absolute Gasteiger partial charge is 0.323 e. The van der Waals surface area contributed by atoms with Gasteiger partial charge >= 0.3 is 5.97 Å². The molecular weight excluding hydrogens is 190 g/mol. The third-order valence-corrected chi connectivity index (χ3v) is 6.88. The van der Waals surface area contributed by atoms with Crippen LogP contribution >= 0.6 is 11.8 Å². The fourth-order valence-electron chi connectivity index (χ4n) is 1.28. The van der Waals surface area contributed by atoms with Gasteiger partial charge in [-0.2, -0.15) is 17.0 Å². The summed E-state index contributed by atoms with van der Waals surface area (Å²) < 4.78 is 4.56. The molecule has 1 saturated heterocycles. The van der Waals surface area contributed by atoms with E-state index in [2.05, 4.69) is 4.74 Å². The van der Waals surface area contributed by atoms with Crippen LogP contribution < -0.4 is 0 Å². The summed E-state index contributed by atoms with van der Waals surface area (Å²) in [5.74, 6) is 0.255. The topological polar surface area (TPSA) is 50.1 Å². The number of hydrogen-bond donors (Lipinski definition) is 0. The average Bonchev–Trinajstić information content (AvgIpc) is 2.58. The van der Waals surface area contributed by atoms with Gasteiger partial charge in [-0.25, -0.2) is 0 Å². The lowest BCUT2D eigenvalue weighted by Crippen LogP contribution is -2.27. The lowest BCUT2D eigenvalue weighted by Gasteiger charge is -2.12. The van der Waals surface area contributed by atoms with Crippen molar-refractivity contribution in [2.75, 3.05) is 12.9 Å². The van der Waals surface area contributed by atoms with Crippen molar-refractivity contribution in [2.45, 2.75) is 10.9 Å². The molecule has 0 N–H and O–H groups in total. The lowest BCUT2D eigenvalue weighted by molar-refractivity contribution is -0.143. The van der Waals surface area contributed by atoms with E-state index in [4.69, 9.17) is 5.26 Å². The standard InChI is InChI=1S/C7H11NO2SSi/c1-10-6(9)5(4-8)7-11-2-3-12-7/h5,7H,2-3,12H2,1H3. The van der Waals surface area contributed by atoms with Crippen LogP contribution in [0, 0.1) is 17.2 Å². The number of thioether (sulfide) groups is 1. The van der Waals surface area contributed by atoms with Gasteiger partial charge in [0.15, 0.2) is 5.92 Å². The second-order valence-electron chi connectivity index (χ2n) is 2.68. The molecule has 2 unspecified atom stereocenters. The Kier molecular flexibility index (Phi) is 3.63. The minimum absolute atomic E-state index is 0.214. The van der Waals surface area contributed by atoms with Gasteiger partial charge < -0.3 is 4.74 Å². The van der Waals surface area contributed by atoms with E-state index in [1.807, 2.05) is 6.07 Å². The van der Waals surface area contributed by atoms with E-state index in [0.29, 0.717) is 4.87 Å². The maximum absolute atomic E-state index is 11.1. The van der Waals surface area contributed by atoms with Crippen LogP contribution in [-0.4, -0.2) is 33.2 Å². The highest BCUT2D eigenvalue weighted by atomic mass is 32.2. The van der Waals surface area contributed by atoms with E-state index < -0.39 is 5.92 Å². The molecule has 0 bridgehead atoms. The van der Waals surface area contributed by atoms with Crippen molar-refractivity contribution in [1.82, 2.24) is 0 Å². The van der Waals surface area contributed by atoms with Gasteiger partial charge in [0.05, 0.1) is 13.2 Å². The zero-order valence-corrected chi connectivity index (χ0v) is 9.18. The number of nitrogens with zero attached hydrogens (tertiary/aromatic N) is 1. The van der Waals surface area contributed by atoms with Crippen LogP contribution in [-0.2, 0) is 9.53 Å². The summed E-state index contributed by atoms with van der Waals surface area (Å²) in [6.45, 7) is 0. The van der Waals surface area contributed by atoms with Gasteiger partial charge in [0.25, 0.3) is 0 Å². The molecule has 0 saturated carbocycles. The Morgan fingerprint density at radius 3 is 3.08 bits per heavy atom. The molecule has 1 rings (SSSR count). The largest absolute Gasteiger partial charge is 0.468 e. The fraction of sp³-hybridized carbons (Fsp3) is 0.714. The molecule has 0 aromatic carbocycles. The zero-order valence-electron chi connectivity index (χ0n) is 6.95. The lowest BCUT2D eigenvalue weighted by atomic mass is 10.2. The summed E-state index contributed by atoms with van der Waals surface area (Å²) in [6.07, 6.45) is 0. The number of ether oxygens (including phenoxy) is 1. The van der Waals surface area contributed by atoms with E-state index >= 15 is 0 Å². The Labute approximate surface area is 78.3 Å². The molecule has 1 aliphatic heterocycles. The van der Waals surface area contributed by atoms with Crippen LogP contribution in [0.25, 0.3) is 0 Å². The third-order valence-electron chi connectivity index (χ3n) is 1.93. The summed E-state index contributed by atoms with van der Waals surface area (Å²) in [5.41, 5.74) is 0. The van der Waals surface area contributed by atoms with Crippen molar-refractivity contribution in [1.29, 1.82) is 5.26 Å². The van der Waals surface area contributed by atoms with E-state index in [0.717, 1.165) is 5.75 Å².